The van der Waals surface area contributed by atoms with Crippen molar-refractivity contribution >= 4 is 5.91 Å². The van der Waals surface area contributed by atoms with Crippen molar-refractivity contribution in [3.05, 3.63) is 64.3 Å². The Kier molecular flexibility index (Phi) is 3.56. The van der Waals surface area contributed by atoms with Crippen molar-refractivity contribution in [2.45, 2.75) is 19.8 Å². The first-order chi connectivity index (χ1) is 10.5. The monoisotopic (exact) mass is 297 g/mol. The molecule has 5 nitrogen and oxygen atoms in total. The van der Waals surface area contributed by atoms with Crippen molar-refractivity contribution in [3.8, 4) is 0 Å². The molecule has 1 aliphatic heterocycles. The number of carbonyl (C=O) groups excluding carboxylic acids is 1. The van der Waals surface area contributed by atoms with E-state index in [4.69, 9.17) is 0 Å². The van der Waals surface area contributed by atoms with Crippen molar-refractivity contribution in [1.82, 2.24) is 14.9 Å². The average molecular weight is 297 g/mol. The van der Waals surface area contributed by atoms with E-state index in [9.17, 15) is 9.59 Å². The van der Waals surface area contributed by atoms with Crippen LogP contribution in [0.3, 0.4) is 0 Å². The lowest BCUT2D eigenvalue weighted by molar-refractivity contribution is 0.0775. The van der Waals surface area contributed by atoms with Gasteiger partial charge in [0.1, 0.15) is 5.56 Å². The number of hydrogen-bond acceptors (Lipinski definition) is 3. The molecule has 5 heteroatoms. The van der Waals surface area contributed by atoms with Gasteiger partial charge in [-0.25, -0.2) is 4.98 Å². The maximum absolute atomic E-state index is 12.6. The number of aromatic nitrogens is 2. The molecule has 2 heterocycles. The molecule has 1 fully saturated rings. The van der Waals surface area contributed by atoms with Crippen molar-refractivity contribution in [2.24, 2.45) is 5.41 Å². The SMILES string of the molecule is CC1(C)CN(C(=O)c2cnc[nH]c2=O)C[C@@H]1c1ccccc1. The molecule has 0 unspecified atom stereocenters. The minimum atomic E-state index is -0.388. The van der Waals surface area contributed by atoms with Crippen LogP contribution in [-0.2, 0) is 0 Å². The van der Waals surface area contributed by atoms with Gasteiger partial charge in [0.15, 0.2) is 0 Å². The van der Waals surface area contributed by atoms with Crippen LogP contribution in [0.25, 0.3) is 0 Å². The summed E-state index contributed by atoms with van der Waals surface area (Å²) >= 11 is 0. The van der Waals surface area contributed by atoms with Crippen LogP contribution in [0.4, 0.5) is 0 Å². The predicted molar refractivity (Wildman–Crippen MR) is 83.7 cm³/mol. The summed E-state index contributed by atoms with van der Waals surface area (Å²) in [6, 6.07) is 10.2. The number of aromatic amines is 1. The number of hydrogen-bond donors (Lipinski definition) is 1. The van der Waals surface area contributed by atoms with Crippen LogP contribution in [0, 0.1) is 5.41 Å². The molecule has 1 aromatic heterocycles. The van der Waals surface area contributed by atoms with E-state index in [2.05, 4.69) is 35.9 Å². The zero-order valence-corrected chi connectivity index (χ0v) is 12.7. The molecule has 0 spiro atoms. The van der Waals surface area contributed by atoms with Gasteiger partial charge in [-0.3, -0.25) is 9.59 Å². The molecule has 1 saturated heterocycles. The smallest absolute Gasteiger partial charge is 0.263 e. The Labute approximate surface area is 129 Å². The van der Waals surface area contributed by atoms with Gasteiger partial charge in [0.05, 0.1) is 6.33 Å². The van der Waals surface area contributed by atoms with Crippen LogP contribution in [0.5, 0.6) is 0 Å². The molecule has 2 aromatic rings. The van der Waals surface area contributed by atoms with Crippen LogP contribution in [0.1, 0.15) is 35.7 Å². The predicted octanol–water partition coefficient (Wildman–Crippen LogP) is 2.04. The van der Waals surface area contributed by atoms with E-state index in [0.717, 1.165) is 0 Å². The third-order valence-corrected chi connectivity index (χ3v) is 4.38. The second kappa shape index (κ2) is 5.40. The molecule has 0 saturated carbocycles. The van der Waals surface area contributed by atoms with Gasteiger partial charge in [-0.05, 0) is 11.0 Å². The second-order valence-corrected chi connectivity index (χ2v) is 6.43. The Balaban J connectivity index is 1.88. The summed E-state index contributed by atoms with van der Waals surface area (Å²) < 4.78 is 0. The first kappa shape index (κ1) is 14.5. The molecular weight excluding hydrogens is 278 g/mol. The molecular formula is C17H19N3O2. The van der Waals surface area contributed by atoms with E-state index in [1.807, 2.05) is 18.2 Å². The fourth-order valence-electron chi connectivity index (χ4n) is 3.20. The fourth-order valence-corrected chi connectivity index (χ4v) is 3.20. The van der Waals surface area contributed by atoms with E-state index in [1.165, 1.54) is 18.1 Å². The zero-order chi connectivity index (χ0) is 15.7. The van der Waals surface area contributed by atoms with Crippen LogP contribution in [0.2, 0.25) is 0 Å². The summed E-state index contributed by atoms with van der Waals surface area (Å²) in [6.07, 6.45) is 2.63. The number of likely N-dealkylation sites (tertiary alicyclic amines) is 1. The quantitative estimate of drug-likeness (QED) is 0.922. The summed E-state index contributed by atoms with van der Waals surface area (Å²) in [7, 11) is 0. The number of nitrogens with one attached hydrogen (secondary N) is 1. The summed E-state index contributed by atoms with van der Waals surface area (Å²) in [4.78, 5) is 32.4. The van der Waals surface area contributed by atoms with Gasteiger partial charge in [-0.15, -0.1) is 0 Å². The van der Waals surface area contributed by atoms with Crippen LogP contribution in [0.15, 0.2) is 47.7 Å². The Morgan fingerprint density at radius 3 is 2.73 bits per heavy atom. The van der Waals surface area contributed by atoms with E-state index in [-0.39, 0.29) is 28.4 Å². The first-order valence-electron chi connectivity index (χ1n) is 7.36. The normalized spacial score (nSPS) is 20.1. The van der Waals surface area contributed by atoms with Gasteiger partial charge in [0, 0.05) is 25.2 Å². The van der Waals surface area contributed by atoms with Gasteiger partial charge >= 0.3 is 0 Å². The molecule has 0 radical (unpaired) electrons. The van der Waals surface area contributed by atoms with Gasteiger partial charge in [0.2, 0.25) is 0 Å². The van der Waals surface area contributed by atoms with Crippen LogP contribution >= 0.6 is 0 Å². The largest absolute Gasteiger partial charge is 0.337 e. The molecule has 1 atom stereocenters. The topological polar surface area (TPSA) is 66.1 Å². The summed E-state index contributed by atoms with van der Waals surface area (Å²) in [6.45, 7) is 5.56. The molecule has 114 valence electrons. The van der Waals surface area contributed by atoms with Crippen molar-refractivity contribution in [1.29, 1.82) is 0 Å². The first-order valence-corrected chi connectivity index (χ1v) is 7.36. The molecule has 1 amide bonds. The Hall–Kier alpha value is -2.43. The highest BCUT2D eigenvalue weighted by molar-refractivity contribution is 5.93. The molecule has 0 bridgehead atoms. The molecule has 1 aliphatic rings. The van der Waals surface area contributed by atoms with Crippen molar-refractivity contribution < 1.29 is 4.79 Å². The number of carbonyl (C=O) groups is 1. The maximum Gasteiger partial charge on any atom is 0.263 e. The van der Waals surface area contributed by atoms with E-state index in [0.29, 0.717) is 13.1 Å². The highest BCUT2D eigenvalue weighted by Gasteiger charge is 2.42. The van der Waals surface area contributed by atoms with Crippen LogP contribution < -0.4 is 5.56 Å². The lowest BCUT2D eigenvalue weighted by atomic mass is 9.78. The fraction of sp³-hybridized carbons (Fsp3) is 0.353. The third kappa shape index (κ3) is 2.54. The Morgan fingerprint density at radius 2 is 2.05 bits per heavy atom. The average Bonchev–Trinajstić information content (AvgIpc) is 2.83. The molecule has 0 aliphatic carbocycles. The second-order valence-electron chi connectivity index (χ2n) is 6.43. The minimum Gasteiger partial charge on any atom is -0.337 e. The Morgan fingerprint density at radius 1 is 1.32 bits per heavy atom. The number of amides is 1. The van der Waals surface area contributed by atoms with Gasteiger partial charge < -0.3 is 9.88 Å². The molecule has 1 N–H and O–H groups in total. The molecule has 1 aromatic carbocycles. The minimum absolute atomic E-state index is 0.0357. The Bertz CT molecular complexity index is 737. The van der Waals surface area contributed by atoms with Gasteiger partial charge in [-0.2, -0.15) is 0 Å². The summed E-state index contributed by atoms with van der Waals surface area (Å²) in [5, 5.41) is 0. The number of H-pyrrole nitrogens is 1. The number of rotatable bonds is 2. The lowest BCUT2D eigenvalue weighted by Gasteiger charge is -2.25. The summed E-state index contributed by atoms with van der Waals surface area (Å²) in [5.41, 5.74) is 0.905. The highest BCUT2D eigenvalue weighted by Crippen LogP contribution is 2.42. The number of nitrogens with zero attached hydrogens (tertiary/aromatic N) is 2. The molecule has 3 rings (SSSR count). The zero-order valence-electron chi connectivity index (χ0n) is 12.7. The summed E-state index contributed by atoms with van der Waals surface area (Å²) in [5.74, 6) is 0.00857. The van der Waals surface area contributed by atoms with E-state index < -0.39 is 0 Å². The lowest BCUT2D eigenvalue weighted by Crippen LogP contribution is -2.34. The van der Waals surface area contributed by atoms with Crippen molar-refractivity contribution in [2.75, 3.05) is 13.1 Å². The van der Waals surface area contributed by atoms with E-state index in [1.54, 1.807) is 4.90 Å². The van der Waals surface area contributed by atoms with Gasteiger partial charge in [0.25, 0.3) is 11.5 Å². The van der Waals surface area contributed by atoms with Gasteiger partial charge in [-0.1, -0.05) is 44.2 Å². The maximum atomic E-state index is 12.6. The highest BCUT2D eigenvalue weighted by atomic mass is 16.2. The van der Waals surface area contributed by atoms with Crippen molar-refractivity contribution in [3.63, 3.8) is 0 Å². The number of benzene rings is 1. The third-order valence-electron chi connectivity index (χ3n) is 4.38. The van der Waals surface area contributed by atoms with E-state index >= 15 is 0 Å². The standard InChI is InChI=1S/C17H19N3O2/c1-17(2)10-20(9-14(17)12-6-4-3-5-7-12)16(22)13-8-18-11-19-15(13)21/h3-8,11,14H,9-10H2,1-2H3,(H,18,19,21)/t14-/m1/s1. The molecule has 22 heavy (non-hydrogen) atoms. The van der Waals surface area contributed by atoms with Crippen LogP contribution in [-0.4, -0.2) is 33.9 Å².